The molecule has 33 heavy (non-hydrogen) atoms. The summed E-state index contributed by atoms with van der Waals surface area (Å²) in [5.41, 5.74) is -2.98. The van der Waals surface area contributed by atoms with Crippen LogP contribution >= 0.6 is 0 Å². The summed E-state index contributed by atoms with van der Waals surface area (Å²) in [5.74, 6) is -3.20. The van der Waals surface area contributed by atoms with E-state index in [9.17, 15) is 35.1 Å². The lowest BCUT2D eigenvalue weighted by Crippen LogP contribution is -2.36. The molecule has 1 unspecified atom stereocenters. The Kier molecular flexibility index (Phi) is 7.18. The standard InChI is InChI=1S/C23H20F8O2/c1-3-13-6-7-32-21(20(13)14-4-5-18(24)19(25)10-14)33-12(2)15-8-16(22(26,27)28)11-17(9-15)23(29,30)31/h3-5,8-13,20-21H,1,6-7H2,2H3/t12?,13-,20+,21+/m0/s1. The molecule has 4 atom stereocenters. The van der Waals surface area contributed by atoms with Crippen LogP contribution < -0.4 is 0 Å². The first-order chi connectivity index (χ1) is 15.3. The number of rotatable bonds is 5. The van der Waals surface area contributed by atoms with Gasteiger partial charge in [-0.3, -0.25) is 0 Å². The molecule has 1 fully saturated rings. The van der Waals surface area contributed by atoms with Gasteiger partial charge < -0.3 is 9.47 Å². The minimum absolute atomic E-state index is 0.0329. The summed E-state index contributed by atoms with van der Waals surface area (Å²) in [6.07, 6.45) is -10.4. The second-order valence-corrected chi connectivity index (χ2v) is 7.74. The van der Waals surface area contributed by atoms with Gasteiger partial charge in [0, 0.05) is 5.92 Å². The molecular formula is C23H20F8O2. The molecule has 0 radical (unpaired) electrons. The van der Waals surface area contributed by atoms with Crippen molar-refractivity contribution >= 4 is 0 Å². The zero-order valence-corrected chi connectivity index (χ0v) is 17.3. The molecule has 0 spiro atoms. The summed E-state index contributed by atoms with van der Waals surface area (Å²) >= 11 is 0. The first-order valence-corrected chi connectivity index (χ1v) is 9.95. The van der Waals surface area contributed by atoms with Crippen molar-refractivity contribution in [2.24, 2.45) is 5.92 Å². The highest BCUT2D eigenvalue weighted by atomic mass is 19.4. The summed E-state index contributed by atoms with van der Waals surface area (Å²) in [6.45, 7) is 5.18. The number of halogens is 8. The smallest absolute Gasteiger partial charge is 0.352 e. The molecule has 2 aromatic carbocycles. The second kappa shape index (κ2) is 9.42. The van der Waals surface area contributed by atoms with Gasteiger partial charge in [0.2, 0.25) is 0 Å². The zero-order chi connectivity index (χ0) is 24.6. The minimum Gasteiger partial charge on any atom is -0.352 e. The molecule has 0 aliphatic carbocycles. The van der Waals surface area contributed by atoms with Gasteiger partial charge in [0.1, 0.15) is 0 Å². The molecule has 2 aromatic rings. The summed E-state index contributed by atoms with van der Waals surface area (Å²) in [6, 6.07) is 4.40. The quantitative estimate of drug-likeness (QED) is 0.328. The fourth-order valence-corrected chi connectivity index (χ4v) is 3.81. The number of ether oxygens (including phenoxy) is 2. The molecule has 2 nitrogen and oxygen atoms in total. The highest BCUT2D eigenvalue weighted by molar-refractivity contribution is 5.35. The summed E-state index contributed by atoms with van der Waals surface area (Å²) in [4.78, 5) is 0. The third-order valence-electron chi connectivity index (χ3n) is 5.54. The molecule has 1 aliphatic rings. The van der Waals surface area contributed by atoms with Crippen LogP contribution in [0.5, 0.6) is 0 Å². The van der Waals surface area contributed by atoms with Crippen molar-refractivity contribution in [3.63, 3.8) is 0 Å². The first kappa shape index (κ1) is 25.2. The van der Waals surface area contributed by atoms with Crippen molar-refractivity contribution in [1.29, 1.82) is 0 Å². The van der Waals surface area contributed by atoms with Crippen molar-refractivity contribution in [3.05, 3.63) is 82.9 Å². The van der Waals surface area contributed by atoms with E-state index in [2.05, 4.69) is 6.58 Å². The van der Waals surface area contributed by atoms with E-state index in [0.717, 1.165) is 12.1 Å². The third-order valence-corrected chi connectivity index (χ3v) is 5.54. The molecule has 3 rings (SSSR count). The number of hydrogen-bond donors (Lipinski definition) is 0. The number of alkyl halides is 6. The van der Waals surface area contributed by atoms with Crippen molar-refractivity contribution < 1.29 is 44.6 Å². The topological polar surface area (TPSA) is 18.5 Å². The maximum Gasteiger partial charge on any atom is 0.416 e. The molecule has 1 aliphatic heterocycles. The van der Waals surface area contributed by atoms with Crippen LogP contribution in [0.3, 0.4) is 0 Å². The van der Waals surface area contributed by atoms with Crippen molar-refractivity contribution in [3.8, 4) is 0 Å². The number of benzene rings is 2. The lowest BCUT2D eigenvalue weighted by atomic mass is 9.81. The van der Waals surface area contributed by atoms with Gasteiger partial charge >= 0.3 is 12.4 Å². The van der Waals surface area contributed by atoms with Gasteiger partial charge in [0.15, 0.2) is 17.9 Å². The fourth-order valence-electron chi connectivity index (χ4n) is 3.81. The molecule has 1 saturated heterocycles. The maximum atomic E-state index is 13.8. The van der Waals surface area contributed by atoms with Gasteiger partial charge in [-0.15, -0.1) is 6.58 Å². The van der Waals surface area contributed by atoms with Crippen LogP contribution in [0.2, 0.25) is 0 Å². The molecule has 0 amide bonds. The maximum absolute atomic E-state index is 13.8. The van der Waals surface area contributed by atoms with Crippen LogP contribution in [-0.4, -0.2) is 12.9 Å². The average molecular weight is 480 g/mol. The van der Waals surface area contributed by atoms with E-state index in [1.165, 1.54) is 13.0 Å². The number of hydrogen-bond acceptors (Lipinski definition) is 2. The largest absolute Gasteiger partial charge is 0.416 e. The van der Waals surface area contributed by atoms with E-state index in [-0.39, 0.29) is 24.2 Å². The summed E-state index contributed by atoms with van der Waals surface area (Å²) < 4.78 is 118. The minimum atomic E-state index is -5.00. The van der Waals surface area contributed by atoms with E-state index in [1.54, 1.807) is 6.08 Å². The van der Waals surface area contributed by atoms with E-state index in [4.69, 9.17) is 9.47 Å². The molecule has 0 bridgehead atoms. The molecule has 0 N–H and O–H groups in total. The third kappa shape index (κ3) is 5.73. The Hall–Kier alpha value is -2.46. The molecule has 0 aromatic heterocycles. The fraction of sp³-hybridized carbons (Fsp3) is 0.391. The average Bonchev–Trinajstić information content (AvgIpc) is 2.74. The molecule has 10 heteroatoms. The Bertz CT molecular complexity index is 967. The van der Waals surface area contributed by atoms with Crippen LogP contribution in [0.15, 0.2) is 49.1 Å². The summed E-state index contributed by atoms with van der Waals surface area (Å²) in [5, 5.41) is 0. The van der Waals surface area contributed by atoms with E-state index >= 15 is 0 Å². The van der Waals surface area contributed by atoms with Crippen LogP contribution in [0.4, 0.5) is 35.1 Å². The normalized spacial score (nSPS) is 22.8. The van der Waals surface area contributed by atoms with Crippen LogP contribution in [0.1, 0.15) is 47.6 Å². The lowest BCUT2D eigenvalue weighted by molar-refractivity contribution is -0.205. The Morgan fingerprint density at radius 1 is 0.970 bits per heavy atom. The predicted molar refractivity (Wildman–Crippen MR) is 103 cm³/mol. The summed E-state index contributed by atoms with van der Waals surface area (Å²) in [7, 11) is 0. The second-order valence-electron chi connectivity index (χ2n) is 7.74. The monoisotopic (exact) mass is 480 g/mol. The SMILES string of the molecule is C=C[C@H]1CCO[C@H](OC(C)c2cc(C(F)(F)F)cc(C(F)(F)F)c2)[C@H]1c1ccc(F)c(F)c1. The van der Waals surface area contributed by atoms with Gasteiger partial charge in [0.25, 0.3) is 0 Å². The van der Waals surface area contributed by atoms with Crippen molar-refractivity contribution in [2.45, 2.75) is 44.0 Å². The lowest BCUT2D eigenvalue weighted by Gasteiger charge is -2.38. The van der Waals surface area contributed by atoms with Crippen LogP contribution in [0.25, 0.3) is 0 Å². The van der Waals surface area contributed by atoms with Crippen molar-refractivity contribution in [1.82, 2.24) is 0 Å². The zero-order valence-electron chi connectivity index (χ0n) is 17.3. The van der Waals surface area contributed by atoms with Crippen molar-refractivity contribution in [2.75, 3.05) is 6.61 Å². The number of allylic oxidation sites excluding steroid dienone is 1. The highest BCUT2D eigenvalue weighted by Crippen LogP contribution is 2.41. The highest BCUT2D eigenvalue weighted by Gasteiger charge is 2.39. The molecule has 0 saturated carbocycles. The van der Waals surface area contributed by atoms with Gasteiger partial charge in [-0.25, -0.2) is 8.78 Å². The van der Waals surface area contributed by atoms with E-state index in [1.807, 2.05) is 0 Å². The molecule has 1 heterocycles. The van der Waals surface area contributed by atoms with Crippen LogP contribution in [0, 0.1) is 17.6 Å². The Labute approximate surface area is 184 Å². The van der Waals surface area contributed by atoms with Gasteiger partial charge in [-0.05, 0) is 60.7 Å². The Morgan fingerprint density at radius 2 is 1.58 bits per heavy atom. The van der Waals surface area contributed by atoms with Gasteiger partial charge in [0.05, 0.1) is 23.8 Å². The molecular weight excluding hydrogens is 460 g/mol. The van der Waals surface area contributed by atoms with Crippen LogP contribution in [-0.2, 0) is 21.8 Å². The first-order valence-electron chi connectivity index (χ1n) is 9.95. The van der Waals surface area contributed by atoms with E-state index < -0.39 is 53.4 Å². The predicted octanol–water partition coefficient (Wildman–Crippen LogP) is 7.41. The molecule has 180 valence electrons. The van der Waals surface area contributed by atoms with Gasteiger partial charge in [-0.1, -0.05) is 12.1 Å². The Balaban J connectivity index is 1.96. The Morgan fingerprint density at radius 3 is 2.09 bits per heavy atom. The van der Waals surface area contributed by atoms with E-state index in [0.29, 0.717) is 24.1 Å². The van der Waals surface area contributed by atoms with Gasteiger partial charge in [-0.2, -0.15) is 26.3 Å².